The van der Waals surface area contributed by atoms with Crippen LogP contribution in [0.25, 0.3) is 0 Å². The Balaban J connectivity index is 4.40. The minimum Gasteiger partial charge on any atom is -0.462 e. The van der Waals surface area contributed by atoms with Gasteiger partial charge in [-0.15, -0.1) is 0 Å². The number of hydrogen-bond acceptors (Lipinski definition) is 6. The predicted octanol–water partition coefficient (Wildman–Crippen LogP) is 15.3. The molecule has 0 spiro atoms. The summed E-state index contributed by atoms with van der Waals surface area (Å²) < 4.78 is 16.7. The van der Waals surface area contributed by atoms with E-state index in [2.05, 4.69) is 81.5 Å². The lowest BCUT2D eigenvalue weighted by Crippen LogP contribution is -2.30. The molecule has 0 aromatic rings. The summed E-state index contributed by atoms with van der Waals surface area (Å²) in [6, 6.07) is 0. The molecule has 0 aliphatic rings. The van der Waals surface area contributed by atoms with E-state index in [1.165, 1.54) is 64.2 Å². The predicted molar refractivity (Wildman–Crippen MR) is 242 cm³/mol. The van der Waals surface area contributed by atoms with Crippen LogP contribution in [0.2, 0.25) is 0 Å². The van der Waals surface area contributed by atoms with E-state index in [-0.39, 0.29) is 31.1 Å². The molecule has 0 saturated carbocycles. The van der Waals surface area contributed by atoms with Crippen molar-refractivity contribution in [2.24, 2.45) is 0 Å². The van der Waals surface area contributed by atoms with E-state index in [0.717, 1.165) is 122 Å². The first-order valence-corrected chi connectivity index (χ1v) is 23.8. The maximum Gasteiger partial charge on any atom is 0.306 e. The van der Waals surface area contributed by atoms with Crippen molar-refractivity contribution in [3.63, 3.8) is 0 Å². The van der Waals surface area contributed by atoms with Crippen molar-refractivity contribution in [1.82, 2.24) is 0 Å². The van der Waals surface area contributed by atoms with Crippen LogP contribution in [0.3, 0.4) is 0 Å². The van der Waals surface area contributed by atoms with Gasteiger partial charge in [-0.05, 0) is 103 Å². The molecular weight excluding hydrogens is 709 g/mol. The highest BCUT2D eigenvalue weighted by molar-refractivity contribution is 5.71. The Labute approximate surface area is 351 Å². The number of carbonyl (C=O) groups excluding carboxylic acids is 3. The first-order chi connectivity index (χ1) is 28.0. The van der Waals surface area contributed by atoms with Gasteiger partial charge in [0.15, 0.2) is 6.10 Å². The molecule has 328 valence electrons. The Morgan fingerprint density at radius 1 is 0.368 bits per heavy atom. The third-order valence-electron chi connectivity index (χ3n) is 9.98. The molecule has 0 amide bonds. The Hall–Kier alpha value is -2.89. The van der Waals surface area contributed by atoms with Crippen molar-refractivity contribution in [2.45, 2.75) is 232 Å². The molecule has 0 aromatic heterocycles. The number of allylic oxidation sites excluding steroid dienone is 10. The average molecular weight is 797 g/mol. The molecule has 0 fully saturated rings. The number of hydrogen-bond donors (Lipinski definition) is 0. The molecule has 0 saturated heterocycles. The fourth-order valence-electron chi connectivity index (χ4n) is 6.38. The zero-order valence-corrected chi connectivity index (χ0v) is 37.3. The van der Waals surface area contributed by atoms with Crippen LogP contribution in [0.15, 0.2) is 60.8 Å². The summed E-state index contributed by atoms with van der Waals surface area (Å²) >= 11 is 0. The normalized spacial score (nSPS) is 12.5. The third-order valence-corrected chi connectivity index (χ3v) is 9.98. The van der Waals surface area contributed by atoms with E-state index in [4.69, 9.17) is 14.2 Å². The quantitative estimate of drug-likeness (QED) is 0.0265. The molecule has 6 nitrogen and oxygen atoms in total. The molecule has 0 radical (unpaired) electrons. The van der Waals surface area contributed by atoms with Crippen LogP contribution >= 0.6 is 0 Å². The van der Waals surface area contributed by atoms with Crippen LogP contribution in [0.4, 0.5) is 0 Å². The van der Waals surface area contributed by atoms with Crippen molar-refractivity contribution in [3.05, 3.63) is 60.8 Å². The van der Waals surface area contributed by atoms with E-state index in [9.17, 15) is 14.4 Å². The van der Waals surface area contributed by atoms with E-state index < -0.39 is 6.10 Å². The van der Waals surface area contributed by atoms with Gasteiger partial charge >= 0.3 is 17.9 Å². The van der Waals surface area contributed by atoms with Gasteiger partial charge in [0.05, 0.1) is 0 Å². The van der Waals surface area contributed by atoms with Gasteiger partial charge in [0, 0.05) is 19.3 Å². The van der Waals surface area contributed by atoms with Crippen molar-refractivity contribution >= 4 is 17.9 Å². The highest BCUT2D eigenvalue weighted by Gasteiger charge is 2.19. The second kappa shape index (κ2) is 45.8. The lowest BCUT2D eigenvalue weighted by molar-refractivity contribution is -0.167. The van der Waals surface area contributed by atoms with Crippen molar-refractivity contribution < 1.29 is 28.6 Å². The van der Waals surface area contributed by atoms with Crippen LogP contribution in [0.1, 0.15) is 226 Å². The number of unbranched alkanes of at least 4 members (excludes halogenated alkanes) is 21. The SMILES string of the molecule is CC/C=C\CCCCCCCC(=O)OCC(COC(=O)CCCCCCC/C=C\C/C=C\CCCCC)OC(=O)CCCCCCC/C=C\C/C=C\CCCCC. The number of esters is 3. The largest absolute Gasteiger partial charge is 0.462 e. The first kappa shape index (κ1) is 54.1. The molecular formula is C51H88O6. The maximum absolute atomic E-state index is 12.7. The number of rotatable bonds is 42. The summed E-state index contributed by atoms with van der Waals surface area (Å²) in [7, 11) is 0. The van der Waals surface area contributed by atoms with E-state index >= 15 is 0 Å². The first-order valence-electron chi connectivity index (χ1n) is 23.8. The molecule has 0 N–H and O–H groups in total. The summed E-state index contributed by atoms with van der Waals surface area (Å²) in [5.74, 6) is -0.931. The van der Waals surface area contributed by atoms with Crippen molar-refractivity contribution in [2.75, 3.05) is 13.2 Å². The van der Waals surface area contributed by atoms with Crippen molar-refractivity contribution in [1.29, 1.82) is 0 Å². The Morgan fingerprint density at radius 3 is 1.05 bits per heavy atom. The van der Waals surface area contributed by atoms with Crippen LogP contribution in [0.5, 0.6) is 0 Å². The van der Waals surface area contributed by atoms with E-state index in [1.807, 2.05) is 0 Å². The summed E-state index contributed by atoms with van der Waals surface area (Å²) in [4.78, 5) is 37.8. The molecule has 0 aliphatic heterocycles. The minimum atomic E-state index is -0.788. The van der Waals surface area contributed by atoms with Crippen molar-refractivity contribution in [3.8, 4) is 0 Å². The van der Waals surface area contributed by atoms with Crippen LogP contribution in [-0.2, 0) is 28.6 Å². The number of carbonyl (C=O) groups is 3. The van der Waals surface area contributed by atoms with E-state index in [0.29, 0.717) is 19.3 Å². The zero-order valence-electron chi connectivity index (χ0n) is 37.3. The van der Waals surface area contributed by atoms with Gasteiger partial charge in [0.2, 0.25) is 0 Å². The van der Waals surface area contributed by atoms with Crippen LogP contribution in [-0.4, -0.2) is 37.2 Å². The molecule has 0 aliphatic carbocycles. The smallest absolute Gasteiger partial charge is 0.306 e. The van der Waals surface area contributed by atoms with Gasteiger partial charge in [-0.25, -0.2) is 0 Å². The molecule has 57 heavy (non-hydrogen) atoms. The molecule has 0 bridgehead atoms. The van der Waals surface area contributed by atoms with Gasteiger partial charge in [0.1, 0.15) is 13.2 Å². The zero-order chi connectivity index (χ0) is 41.5. The summed E-state index contributed by atoms with van der Waals surface area (Å²) in [5.41, 5.74) is 0. The average Bonchev–Trinajstić information content (AvgIpc) is 3.21. The Morgan fingerprint density at radius 2 is 0.684 bits per heavy atom. The summed E-state index contributed by atoms with van der Waals surface area (Å²) in [6.45, 7) is 6.44. The maximum atomic E-state index is 12.7. The Bertz CT molecular complexity index is 1050. The molecule has 1 atom stereocenters. The minimum absolute atomic E-state index is 0.0898. The highest BCUT2D eigenvalue weighted by Crippen LogP contribution is 2.13. The summed E-state index contributed by atoms with van der Waals surface area (Å²) in [5, 5.41) is 0. The highest BCUT2D eigenvalue weighted by atomic mass is 16.6. The van der Waals surface area contributed by atoms with Gasteiger partial charge in [-0.3, -0.25) is 14.4 Å². The van der Waals surface area contributed by atoms with Gasteiger partial charge < -0.3 is 14.2 Å². The second-order valence-corrected chi connectivity index (χ2v) is 15.6. The topological polar surface area (TPSA) is 78.9 Å². The van der Waals surface area contributed by atoms with Gasteiger partial charge in [0.25, 0.3) is 0 Å². The molecule has 0 aromatic carbocycles. The lowest BCUT2D eigenvalue weighted by Gasteiger charge is -2.18. The van der Waals surface area contributed by atoms with Gasteiger partial charge in [-0.1, -0.05) is 165 Å². The number of ether oxygens (including phenoxy) is 3. The molecule has 0 heterocycles. The second-order valence-electron chi connectivity index (χ2n) is 15.6. The summed E-state index contributed by atoms with van der Waals surface area (Å²) in [6.07, 6.45) is 54.9. The third kappa shape index (κ3) is 44.1. The van der Waals surface area contributed by atoms with Gasteiger partial charge in [-0.2, -0.15) is 0 Å². The fourth-order valence-corrected chi connectivity index (χ4v) is 6.38. The standard InChI is InChI=1S/C51H88O6/c1-4-7-10-13-16-19-21-23-25-27-29-32-35-38-41-44-50(53)56-47-48(46-55-49(52)43-40-37-34-31-18-15-12-9-6-3)57-51(54)45-42-39-36-33-30-28-26-24-22-20-17-14-11-8-5-2/h9,12,16-17,19-20,23-26,48H,4-8,10-11,13-15,18,21-22,27-47H2,1-3H3/b12-9-,19-16-,20-17-,25-23-,26-24-. The molecule has 0 rings (SSSR count). The monoisotopic (exact) mass is 797 g/mol. The van der Waals surface area contributed by atoms with E-state index in [1.54, 1.807) is 0 Å². The Kier molecular flexibility index (Phi) is 43.5. The molecule has 6 heteroatoms. The van der Waals surface area contributed by atoms with Crippen LogP contribution in [0, 0.1) is 0 Å². The fraction of sp³-hybridized carbons (Fsp3) is 0.745. The molecule has 1 unspecified atom stereocenters. The lowest BCUT2D eigenvalue weighted by atomic mass is 10.1. The van der Waals surface area contributed by atoms with Crippen LogP contribution < -0.4 is 0 Å².